The normalized spacial score (nSPS) is 10.6. The monoisotopic (exact) mass is 383 g/mol. The molecule has 0 aliphatic heterocycles. The molecule has 27 heavy (non-hydrogen) atoms. The quantitative estimate of drug-likeness (QED) is 0.332. The van der Waals surface area contributed by atoms with Crippen LogP contribution in [-0.2, 0) is 11.3 Å². The third-order valence-corrected chi connectivity index (χ3v) is 4.69. The second kappa shape index (κ2) is 9.23. The molecular weight excluding hydrogens is 362 g/mol. The van der Waals surface area contributed by atoms with Gasteiger partial charge in [-0.3, -0.25) is 4.79 Å². The van der Waals surface area contributed by atoms with Crippen molar-refractivity contribution >= 4 is 17.7 Å². The second-order valence-electron chi connectivity index (χ2n) is 5.58. The van der Waals surface area contributed by atoms with Gasteiger partial charge in [0, 0.05) is 12.1 Å². The molecular formula is C20H21N3O3S. The zero-order chi connectivity index (χ0) is 19.1. The van der Waals surface area contributed by atoms with Crippen molar-refractivity contribution in [3.63, 3.8) is 0 Å². The summed E-state index contributed by atoms with van der Waals surface area (Å²) in [5, 5.41) is 9.19. The van der Waals surface area contributed by atoms with Crippen LogP contribution in [0.3, 0.4) is 0 Å². The lowest BCUT2D eigenvalue weighted by molar-refractivity contribution is -0.131. The van der Waals surface area contributed by atoms with E-state index in [1.165, 1.54) is 11.8 Å². The first-order chi connectivity index (χ1) is 13.2. The molecule has 0 amide bonds. The van der Waals surface area contributed by atoms with E-state index in [0.29, 0.717) is 24.1 Å². The molecule has 140 valence electrons. The number of ether oxygens (including phenoxy) is 2. The van der Waals surface area contributed by atoms with E-state index in [9.17, 15) is 4.79 Å². The van der Waals surface area contributed by atoms with E-state index in [4.69, 9.17) is 9.47 Å². The number of hydrogen-bond donors (Lipinski definition) is 0. The number of carbonyl (C=O) groups is 1. The predicted molar refractivity (Wildman–Crippen MR) is 105 cm³/mol. The predicted octanol–water partition coefficient (Wildman–Crippen LogP) is 4.06. The van der Waals surface area contributed by atoms with Gasteiger partial charge >= 0.3 is 5.97 Å². The minimum Gasteiger partial charge on any atom is -0.494 e. The number of rotatable bonds is 8. The third kappa shape index (κ3) is 4.89. The second-order valence-corrected chi connectivity index (χ2v) is 6.53. The Bertz CT molecular complexity index is 879. The molecule has 0 aliphatic carbocycles. The first-order valence-corrected chi connectivity index (χ1v) is 9.74. The fourth-order valence-electron chi connectivity index (χ4n) is 2.54. The zero-order valence-corrected chi connectivity index (χ0v) is 16.1. The van der Waals surface area contributed by atoms with Gasteiger partial charge < -0.3 is 14.0 Å². The highest BCUT2D eigenvalue weighted by atomic mass is 32.2. The number of hydrogen-bond acceptors (Lipinski definition) is 6. The summed E-state index contributed by atoms with van der Waals surface area (Å²) in [6, 6.07) is 16.9. The van der Waals surface area contributed by atoms with Gasteiger partial charge in [0.1, 0.15) is 11.5 Å². The topological polar surface area (TPSA) is 66.2 Å². The van der Waals surface area contributed by atoms with E-state index in [-0.39, 0.29) is 11.7 Å². The van der Waals surface area contributed by atoms with Gasteiger partial charge in [0.15, 0.2) is 11.0 Å². The van der Waals surface area contributed by atoms with Crippen molar-refractivity contribution < 1.29 is 14.3 Å². The highest BCUT2D eigenvalue weighted by Crippen LogP contribution is 2.24. The first kappa shape index (κ1) is 19.0. The molecule has 0 saturated heterocycles. The number of aromatic nitrogens is 3. The number of thioether (sulfide) groups is 1. The molecule has 0 aliphatic rings. The van der Waals surface area contributed by atoms with Crippen molar-refractivity contribution in [2.24, 2.45) is 0 Å². The molecule has 0 atom stereocenters. The molecule has 0 bridgehead atoms. The summed E-state index contributed by atoms with van der Waals surface area (Å²) in [4.78, 5) is 12.1. The maximum atomic E-state index is 12.1. The molecule has 0 saturated carbocycles. The number of benzene rings is 2. The molecule has 3 rings (SSSR count). The summed E-state index contributed by atoms with van der Waals surface area (Å²) in [6.07, 6.45) is 0. The van der Waals surface area contributed by atoms with Crippen LogP contribution in [0.2, 0.25) is 0 Å². The van der Waals surface area contributed by atoms with Gasteiger partial charge in [0.2, 0.25) is 0 Å². The van der Waals surface area contributed by atoms with Crippen molar-refractivity contribution in [3.05, 3.63) is 54.6 Å². The van der Waals surface area contributed by atoms with Gasteiger partial charge in [-0.25, -0.2) is 0 Å². The Labute approximate surface area is 162 Å². The van der Waals surface area contributed by atoms with Crippen LogP contribution in [0.5, 0.6) is 11.5 Å². The largest absolute Gasteiger partial charge is 0.494 e. The van der Waals surface area contributed by atoms with Crippen LogP contribution in [0, 0.1) is 0 Å². The Hall–Kier alpha value is -2.80. The molecule has 0 fully saturated rings. The smallest absolute Gasteiger partial charge is 0.321 e. The van der Waals surface area contributed by atoms with E-state index in [1.807, 2.05) is 48.7 Å². The maximum Gasteiger partial charge on any atom is 0.321 e. The van der Waals surface area contributed by atoms with E-state index in [1.54, 1.807) is 24.3 Å². The van der Waals surface area contributed by atoms with Crippen molar-refractivity contribution in [2.45, 2.75) is 25.5 Å². The lowest BCUT2D eigenvalue weighted by Crippen LogP contribution is -2.11. The van der Waals surface area contributed by atoms with Crippen molar-refractivity contribution in [1.82, 2.24) is 14.8 Å². The average Bonchev–Trinajstić information content (AvgIpc) is 3.12. The highest BCUT2D eigenvalue weighted by molar-refractivity contribution is 7.99. The zero-order valence-electron chi connectivity index (χ0n) is 15.3. The molecule has 7 heteroatoms. The Kier molecular flexibility index (Phi) is 6.49. The standard InChI is InChI=1S/C20H21N3O3S/c1-3-23-19(15-8-6-5-7-9-15)21-22-20(23)27-14-18(24)26-17-12-10-16(11-13-17)25-4-2/h5-13H,3-4,14H2,1-2H3. The Morgan fingerprint density at radius 1 is 1.00 bits per heavy atom. The number of nitrogens with zero attached hydrogens (tertiary/aromatic N) is 3. The third-order valence-electron chi connectivity index (χ3n) is 3.75. The van der Waals surface area contributed by atoms with Crippen molar-refractivity contribution in [3.8, 4) is 22.9 Å². The van der Waals surface area contributed by atoms with Gasteiger partial charge in [-0.15, -0.1) is 10.2 Å². The van der Waals surface area contributed by atoms with E-state index < -0.39 is 0 Å². The summed E-state index contributed by atoms with van der Waals surface area (Å²) in [6.45, 7) is 5.26. The first-order valence-electron chi connectivity index (χ1n) is 8.76. The number of carbonyl (C=O) groups excluding carboxylic acids is 1. The number of esters is 1. The van der Waals surface area contributed by atoms with Crippen molar-refractivity contribution in [2.75, 3.05) is 12.4 Å². The fraction of sp³-hybridized carbons (Fsp3) is 0.250. The van der Waals surface area contributed by atoms with Crippen LogP contribution in [0.25, 0.3) is 11.4 Å². The van der Waals surface area contributed by atoms with Crippen LogP contribution in [0.1, 0.15) is 13.8 Å². The summed E-state index contributed by atoms with van der Waals surface area (Å²) in [5.41, 5.74) is 0.996. The average molecular weight is 383 g/mol. The summed E-state index contributed by atoms with van der Waals surface area (Å²) >= 11 is 1.32. The molecule has 1 aromatic heterocycles. The SMILES string of the molecule is CCOc1ccc(OC(=O)CSc2nnc(-c3ccccc3)n2CC)cc1. The summed E-state index contributed by atoms with van der Waals surface area (Å²) < 4.78 is 12.7. The Morgan fingerprint density at radius 2 is 1.70 bits per heavy atom. The molecule has 0 N–H and O–H groups in total. The fourth-order valence-corrected chi connectivity index (χ4v) is 3.31. The van der Waals surface area contributed by atoms with E-state index in [2.05, 4.69) is 10.2 Å². The molecule has 0 spiro atoms. The molecule has 0 radical (unpaired) electrons. The van der Waals surface area contributed by atoms with Gasteiger partial charge in [0.05, 0.1) is 12.4 Å². The van der Waals surface area contributed by atoms with Crippen LogP contribution >= 0.6 is 11.8 Å². The molecule has 1 heterocycles. The minimum atomic E-state index is -0.337. The van der Waals surface area contributed by atoms with Crippen LogP contribution in [-0.4, -0.2) is 33.1 Å². The van der Waals surface area contributed by atoms with Crippen LogP contribution in [0.4, 0.5) is 0 Å². The minimum absolute atomic E-state index is 0.153. The maximum absolute atomic E-state index is 12.1. The Balaban J connectivity index is 1.61. The highest BCUT2D eigenvalue weighted by Gasteiger charge is 2.15. The molecule has 6 nitrogen and oxygen atoms in total. The van der Waals surface area contributed by atoms with E-state index in [0.717, 1.165) is 17.1 Å². The molecule has 0 unspecified atom stereocenters. The summed E-state index contributed by atoms with van der Waals surface area (Å²) in [5.74, 6) is 1.85. The molecule has 3 aromatic rings. The van der Waals surface area contributed by atoms with Gasteiger partial charge in [-0.1, -0.05) is 42.1 Å². The Morgan fingerprint density at radius 3 is 2.37 bits per heavy atom. The van der Waals surface area contributed by atoms with Gasteiger partial charge in [0.25, 0.3) is 0 Å². The molecule has 2 aromatic carbocycles. The van der Waals surface area contributed by atoms with Crippen molar-refractivity contribution in [1.29, 1.82) is 0 Å². The van der Waals surface area contributed by atoms with Gasteiger partial charge in [-0.05, 0) is 38.1 Å². The van der Waals surface area contributed by atoms with Gasteiger partial charge in [-0.2, -0.15) is 0 Å². The van der Waals surface area contributed by atoms with Crippen LogP contribution in [0.15, 0.2) is 59.8 Å². The summed E-state index contributed by atoms with van der Waals surface area (Å²) in [7, 11) is 0. The van der Waals surface area contributed by atoms with E-state index >= 15 is 0 Å². The van der Waals surface area contributed by atoms with Crippen LogP contribution < -0.4 is 9.47 Å². The lowest BCUT2D eigenvalue weighted by Gasteiger charge is -2.08. The lowest BCUT2D eigenvalue weighted by atomic mass is 10.2.